The van der Waals surface area contributed by atoms with Gasteiger partial charge in [-0.2, -0.15) is 0 Å². The highest BCUT2D eigenvalue weighted by molar-refractivity contribution is 5.99. The van der Waals surface area contributed by atoms with Gasteiger partial charge in [0.05, 0.1) is 10.5 Å². The van der Waals surface area contributed by atoms with Crippen molar-refractivity contribution in [3.63, 3.8) is 0 Å². The van der Waals surface area contributed by atoms with Gasteiger partial charge in [0.15, 0.2) is 5.84 Å². The maximum atomic E-state index is 11.0. The van der Waals surface area contributed by atoms with Gasteiger partial charge in [-0.25, -0.2) is 4.98 Å². The third-order valence-electron chi connectivity index (χ3n) is 2.67. The van der Waals surface area contributed by atoms with Gasteiger partial charge < -0.3 is 15.7 Å². The molecular formula is C13H12N4O4. The van der Waals surface area contributed by atoms with E-state index in [-0.39, 0.29) is 28.7 Å². The van der Waals surface area contributed by atoms with Crippen LogP contribution in [-0.2, 0) is 0 Å². The Kier molecular flexibility index (Phi) is 3.98. The summed E-state index contributed by atoms with van der Waals surface area (Å²) in [6.45, 7) is 1.78. The lowest BCUT2D eigenvalue weighted by atomic mass is 10.2. The zero-order valence-corrected chi connectivity index (χ0v) is 11.1. The molecule has 0 aliphatic heterocycles. The van der Waals surface area contributed by atoms with Crippen LogP contribution in [-0.4, -0.2) is 21.0 Å². The Morgan fingerprint density at radius 2 is 2.24 bits per heavy atom. The van der Waals surface area contributed by atoms with Crippen molar-refractivity contribution in [3.05, 3.63) is 57.8 Å². The molecule has 2 aromatic rings. The molecule has 1 aromatic heterocycles. The molecule has 1 heterocycles. The Balaban J connectivity index is 2.48. The second kappa shape index (κ2) is 5.87. The molecule has 21 heavy (non-hydrogen) atoms. The van der Waals surface area contributed by atoms with Crippen molar-refractivity contribution < 1.29 is 14.9 Å². The van der Waals surface area contributed by atoms with E-state index < -0.39 is 4.92 Å². The van der Waals surface area contributed by atoms with Gasteiger partial charge in [-0.15, -0.1) is 0 Å². The normalized spacial score (nSPS) is 11.2. The summed E-state index contributed by atoms with van der Waals surface area (Å²) >= 11 is 0. The lowest BCUT2D eigenvalue weighted by Crippen LogP contribution is -2.14. The summed E-state index contributed by atoms with van der Waals surface area (Å²) in [4.78, 5) is 14.4. The molecule has 0 aliphatic carbocycles. The Morgan fingerprint density at radius 1 is 1.48 bits per heavy atom. The van der Waals surface area contributed by atoms with Crippen molar-refractivity contribution in [2.45, 2.75) is 6.92 Å². The highest BCUT2D eigenvalue weighted by Gasteiger charge is 2.18. The predicted octanol–water partition coefficient (Wildman–Crippen LogP) is 2.19. The van der Waals surface area contributed by atoms with Crippen LogP contribution in [0.3, 0.4) is 0 Å². The summed E-state index contributed by atoms with van der Waals surface area (Å²) in [6, 6.07) is 7.57. The van der Waals surface area contributed by atoms with E-state index in [2.05, 4.69) is 10.1 Å². The summed E-state index contributed by atoms with van der Waals surface area (Å²) in [5.41, 5.74) is 6.35. The molecule has 0 aliphatic rings. The number of nitro groups is 1. The molecule has 0 radical (unpaired) electrons. The minimum absolute atomic E-state index is 0.0153. The predicted molar refractivity (Wildman–Crippen MR) is 74.7 cm³/mol. The number of nitrogens with zero attached hydrogens (tertiary/aromatic N) is 3. The fourth-order valence-electron chi connectivity index (χ4n) is 1.68. The zero-order valence-electron chi connectivity index (χ0n) is 11.1. The molecule has 8 nitrogen and oxygen atoms in total. The highest BCUT2D eigenvalue weighted by atomic mass is 16.6. The molecule has 0 atom stereocenters. The van der Waals surface area contributed by atoms with Crippen LogP contribution in [0, 0.1) is 17.0 Å². The highest BCUT2D eigenvalue weighted by Crippen LogP contribution is 2.32. The quantitative estimate of drug-likeness (QED) is 0.292. The number of aryl methyl sites for hydroxylation is 1. The van der Waals surface area contributed by atoms with Gasteiger partial charge in [-0.3, -0.25) is 10.1 Å². The molecule has 0 spiro atoms. The molecule has 0 fully saturated rings. The van der Waals surface area contributed by atoms with Crippen molar-refractivity contribution >= 4 is 11.5 Å². The second-order valence-corrected chi connectivity index (χ2v) is 4.17. The van der Waals surface area contributed by atoms with Crippen LogP contribution in [0.25, 0.3) is 0 Å². The summed E-state index contributed by atoms with van der Waals surface area (Å²) in [7, 11) is 0. The third kappa shape index (κ3) is 3.06. The van der Waals surface area contributed by atoms with Crippen molar-refractivity contribution in [2.75, 3.05) is 0 Å². The first-order valence-corrected chi connectivity index (χ1v) is 5.88. The van der Waals surface area contributed by atoms with Crippen LogP contribution >= 0.6 is 0 Å². The van der Waals surface area contributed by atoms with Crippen LogP contribution in [0.4, 0.5) is 5.69 Å². The molecule has 0 amide bonds. The largest absolute Gasteiger partial charge is 0.431 e. The minimum atomic E-state index is -0.555. The van der Waals surface area contributed by atoms with Gasteiger partial charge in [-0.1, -0.05) is 11.2 Å². The van der Waals surface area contributed by atoms with Crippen molar-refractivity contribution in [1.82, 2.24) is 4.98 Å². The molecule has 3 N–H and O–H groups in total. The lowest BCUT2D eigenvalue weighted by molar-refractivity contribution is -0.385. The molecule has 1 aromatic carbocycles. The van der Waals surface area contributed by atoms with Crippen molar-refractivity contribution in [3.8, 4) is 11.6 Å². The van der Waals surface area contributed by atoms with Crippen molar-refractivity contribution in [2.24, 2.45) is 10.9 Å². The van der Waals surface area contributed by atoms with Gasteiger partial charge in [-0.05, 0) is 30.7 Å². The van der Waals surface area contributed by atoms with Crippen molar-refractivity contribution in [1.29, 1.82) is 0 Å². The summed E-state index contributed by atoms with van der Waals surface area (Å²) < 4.78 is 5.48. The van der Waals surface area contributed by atoms with E-state index in [1.165, 1.54) is 24.4 Å². The van der Waals surface area contributed by atoms with Crippen LogP contribution in [0.5, 0.6) is 11.6 Å². The van der Waals surface area contributed by atoms with Crippen LogP contribution < -0.4 is 10.5 Å². The number of hydrogen-bond donors (Lipinski definition) is 2. The molecule has 8 heteroatoms. The van der Waals surface area contributed by atoms with E-state index in [0.29, 0.717) is 0 Å². The van der Waals surface area contributed by atoms with E-state index in [1.54, 1.807) is 19.1 Å². The average Bonchev–Trinajstić information content (AvgIpc) is 2.47. The third-order valence-corrected chi connectivity index (χ3v) is 2.67. The van der Waals surface area contributed by atoms with Crippen LogP contribution in [0.2, 0.25) is 0 Å². The Bertz CT molecular complexity index is 715. The monoisotopic (exact) mass is 288 g/mol. The maximum Gasteiger partial charge on any atom is 0.311 e. The maximum absolute atomic E-state index is 11.0. The van der Waals surface area contributed by atoms with Gasteiger partial charge in [0.2, 0.25) is 11.6 Å². The molecular weight excluding hydrogens is 276 g/mol. The minimum Gasteiger partial charge on any atom is -0.431 e. The molecule has 0 unspecified atom stereocenters. The smallest absolute Gasteiger partial charge is 0.311 e. The van der Waals surface area contributed by atoms with E-state index in [9.17, 15) is 10.1 Å². The number of aromatic nitrogens is 1. The summed E-state index contributed by atoms with van der Waals surface area (Å²) in [5, 5.41) is 22.6. The topological polar surface area (TPSA) is 124 Å². The number of hydrogen-bond acceptors (Lipinski definition) is 6. The van der Waals surface area contributed by atoms with E-state index >= 15 is 0 Å². The average molecular weight is 288 g/mol. The molecule has 2 rings (SSSR count). The zero-order chi connectivity index (χ0) is 15.4. The van der Waals surface area contributed by atoms with E-state index in [4.69, 9.17) is 15.7 Å². The lowest BCUT2D eigenvalue weighted by Gasteiger charge is -2.09. The standard InChI is InChI=1S/C13H12N4O4/c1-8-4-5-10(17(19)20)11(7-8)21-13-9(12(14)16-18)3-2-6-15-13/h2-7,18H,1H3,(H2,14,16). The number of rotatable bonds is 4. The van der Waals surface area contributed by atoms with Gasteiger partial charge in [0.25, 0.3) is 0 Å². The van der Waals surface area contributed by atoms with Gasteiger partial charge in [0.1, 0.15) is 0 Å². The summed E-state index contributed by atoms with van der Waals surface area (Å²) in [5.74, 6) is -0.152. The van der Waals surface area contributed by atoms with Gasteiger partial charge in [0, 0.05) is 12.3 Å². The fourth-order valence-corrected chi connectivity index (χ4v) is 1.68. The SMILES string of the molecule is Cc1ccc([N+](=O)[O-])c(Oc2ncccc2/C(N)=N/O)c1. The molecule has 0 bridgehead atoms. The number of nitro benzene ring substituents is 1. The first kappa shape index (κ1) is 14.3. The number of oxime groups is 1. The van der Waals surface area contributed by atoms with E-state index in [0.717, 1.165) is 5.56 Å². The second-order valence-electron chi connectivity index (χ2n) is 4.17. The number of nitrogens with two attached hydrogens (primary N) is 1. The van der Waals surface area contributed by atoms with Crippen LogP contribution in [0.1, 0.15) is 11.1 Å². The Morgan fingerprint density at radius 3 is 2.90 bits per heavy atom. The first-order chi connectivity index (χ1) is 10.0. The molecule has 108 valence electrons. The van der Waals surface area contributed by atoms with E-state index in [1.807, 2.05) is 0 Å². The van der Waals surface area contributed by atoms with Gasteiger partial charge >= 0.3 is 5.69 Å². The number of benzene rings is 1. The summed E-state index contributed by atoms with van der Waals surface area (Å²) in [6.07, 6.45) is 1.44. The fraction of sp³-hybridized carbons (Fsp3) is 0.0769. The number of ether oxygens (including phenoxy) is 1. The Labute approximate surface area is 119 Å². The molecule has 0 saturated heterocycles. The first-order valence-electron chi connectivity index (χ1n) is 5.88. The number of pyridine rings is 1. The Hall–Kier alpha value is -3.16. The molecule has 0 saturated carbocycles. The van der Waals surface area contributed by atoms with Crippen LogP contribution in [0.15, 0.2) is 41.7 Å². The number of amidine groups is 1.